The van der Waals surface area contributed by atoms with E-state index in [0.717, 1.165) is 34.7 Å². The average molecular weight is 411 g/mol. The van der Waals surface area contributed by atoms with Crippen molar-refractivity contribution in [1.29, 1.82) is 0 Å². The number of hydrogen-bond acceptors (Lipinski definition) is 6. The number of carbonyl (C=O) groups excluding carboxylic acids is 1. The van der Waals surface area contributed by atoms with Gasteiger partial charge in [0.2, 0.25) is 11.9 Å². The molecule has 0 spiro atoms. The summed E-state index contributed by atoms with van der Waals surface area (Å²) in [6.45, 7) is 4.80. The molecule has 0 atom stereocenters. The van der Waals surface area contributed by atoms with Gasteiger partial charge in [0, 0.05) is 48.7 Å². The maximum Gasteiger partial charge on any atom is 0.227 e. The van der Waals surface area contributed by atoms with Crippen LogP contribution in [0.25, 0.3) is 11.3 Å². The predicted octanol–water partition coefficient (Wildman–Crippen LogP) is 4.18. The molecule has 0 aliphatic rings. The second-order valence-corrected chi connectivity index (χ2v) is 6.92. The van der Waals surface area contributed by atoms with Crippen LogP contribution in [0.3, 0.4) is 0 Å². The zero-order valence-corrected chi connectivity index (χ0v) is 17.1. The molecule has 0 unspecified atom stereocenters. The number of nitrogens with zero attached hydrogens (tertiary/aromatic N) is 3. The minimum Gasteiger partial charge on any atom is -0.383 e. The van der Waals surface area contributed by atoms with Gasteiger partial charge in [0.15, 0.2) is 0 Å². The fraction of sp³-hybridized carbons (Fsp3) is 0.238. The van der Waals surface area contributed by atoms with Crippen molar-refractivity contribution in [1.82, 2.24) is 20.3 Å². The number of rotatable bonds is 8. The minimum absolute atomic E-state index is 0.0241. The molecule has 2 heterocycles. The van der Waals surface area contributed by atoms with Crippen LogP contribution in [0.5, 0.6) is 0 Å². The molecule has 0 saturated carbocycles. The lowest BCUT2D eigenvalue weighted by Gasteiger charge is -2.14. The largest absolute Gasteiger partial charge is 0.383 e. The number of amides is 1. The van der Waals surface area contributed by atoms with Crippen LogP contribution in [0.1, 0.15) is 19.0 Å². The first-order valence-corrected chi connectivity index (χ1v) is 9.70. The third-order valence-electron chi connectivity index (χ3n) is 4.18. The second kappa shape index (κ2) is 9.84. The van der Waals surface area contributed by atoms with Gasteiger partial charge in [-0.2, -0.15) is 0 Å². The quantitative estimate of drug-likeness (QED) is 0.482. The molecule has 0 saturated heterocycles. The van der Waals surface area contributed by atoms with Crippen LogP contribution in [0, 0.1) is 6.92 Å². The van der Waals surface area contributed by atoms with Gasteiger partial charge in [-0.1, -0.05) is 17.7 Å². The number of hydrogen-bond donors (Lipinski definition) is 3. The maximum absolute atomic E-state index is 11.0. The highest BCUT2D eigenvalue weighted by Gasteiger charge is 2.11. The fourth-order valence-corrected chi connectivity index (χ4v) is 3.02. The van der Waals surface area contributed by atoms with E-state index in [1.807, 2.05) is 43.3 Å². The Hall–Kier alpha value is -3.19. The first-order valence-electron chi connectivity index (χ1n) is 9.33. The van der Waals surface area contributed by atoms with Crippen molar-refractivity contribution < 1.29 is 4.79 Å². The standard InChI is InChI=1S/C21H23ClN6O/c1-14-20(25-10-4-9-24-15(2)29)18(7-11-23-14)19-8-12-26-21(28-19)27-17-6-3-5-16(22)13-17/h3,5-8,11-13,25H,4,9-10H2,1-2H3,(H,24,29)(H,26,27,28). The van der Waals surface area contributed by atoms with Crippen LogP contribution in [-0.4, -0.2) is 33.9 Å². The van der Waals surface area contributed by atoms with E-state index in [2.05, 4.69) is 30.9 Å². The zero-order chi connectivity index (χ0) is 20.6. The Morgan fingerprint density at radius 3 is 2.72 bits per heavy atom. The van der Waals surface area contributed by atoms with E-state index < -0.39 is 0 Å². The number of carbonyl (C=O) groups is 1. The monoisotopic (exact) mass is 410 g/mol. The molecule has 0 aliphatic carbocycles. The highest BCUT2D eigenvalue weighted by molar-refractivity contribution is 6.30. The van der Waals surface area contributed by atoms with Gasteiger partial charge in [-0.25, -0.2) is 9.97 Å². The summed E-state index contributed by atoms with van der Waals surface area (Å²) in [5, 5.41) is 10.0. The summed E-state index contributed by atoms with van der Waals surface area (Å²) in [4.78, 5) is 24.3. The van der Waals surface area contributed by atoms with Crippen molar-refractivity contribution in [2.24, 2.45) is 0 Å². The van der Waals surface area contributed by atoms with Crippen LogP contribution in [0.4, 0.5) is 17.3 Å². The van der Waals surface area contributed by atoms with Gasteiger partial charge in [0.25, 0.3) is 0 Å². The molecule has 3 rings (SSSR count). The lowest BCUT2D eigenvalue weighted by molar-refractivity contribution is -0.118. The van der Waals surface area contributed by atoms with Gasteiger partial charge in [-0.05, 0) is 43.7 Å². The molecule has 0 bridgehead atoms. The molecule has 29 heavy (non-hydrogen) atoms. The molecular weight excluding hydrogens is 388 g/mol. The Kier molecular flexibility index (Phi) is 6.97. The number of anilines is 3. The summed E-state index contributed by atoms with van der Waals surface area (Å²) in [6, 6.07) is 11.2. The molecule has 1 amide bonds. The Bertz CT molecular complexity index is 994. The Labute approximate surface area is 175 Å². The molecule has 0 fully saturated rings. The lowest BCUT2D eigenvalue weighted by Crippen LogP contribution is -2.22. The number of aryl methyl sites for hydroxylation is 1. The fourth-order valence-electron chi connectivity index (χ4n) is 2.83. The molecule has 2 aromatic heterocycles. The smallest absolute Gasteiger partial charge is 0.227 e. The first kappa shape index (κ1) is 20.5. The van der Waals surface area contributed by atoms with E-state index in [1.54, 1.807) is 12.4 Å². The molecule has 1 aromatic carbocycles. The van der Waals surface area contributed by atoms with Crippen molar-refractivity contribution >= 4 is 34.8 Å². The van der Waals surface area contributed by atoms with Crippen LogP contribution in [-0.2, 0) is 4.79 Å². The van der Waals surface area contributed by atoms with E-state index in [-0.39, 0.29) is 5.91 Å². The number of nitrogens with one attached hydrogen (secondary N) is 3. The summed E-state index contributed by atoms with van der Waals surface area (Å²) < 4.78 is 0. The normalized spacial score (nSPS) is 10.4. The van der Waals surface area contributed by atoms with E-state index in [0.29, 0.717) is 24.1 Å². The first-order chi connectivity index (χ1) is 14.0. The summed E-state index contributed by atoms with van der Waals surface area (Å²) >= 11 is 6.05. The molecule has 0 radical (unpaired) electrons. The lowest BCUT2D eigenvalue weighted by atomic mass is 10.1. The Morgan fingerprint density at radius 1 is 1.10 bits per heavy atom. The predicted molar refractivity (Wildman–Crippen MR) is 117 cm³/mol. The van der Waals surface area contributed by atoms with Crippen molar-refractivity contribution in [3.63, 3.8) is 0 Å². The summed E-state index contributed by atoms with van der Waals surface area (Å²) in [7, 11) is 0. The molecule has 150 valence electrons. The van der Waals surface area contributed by atoms with Crippen molar-refractivity contribution in [2.45, 2.75) is 20.3 Å². The summed E-state index contributed by atoms with van der Waals surface area (Å²) in [5.41, 5.74) is 4.33. The van der Waals surface area contributed by atoms with Gasteiger partial charge < -0.3 is 16.0 Å². The molecule has 7 nitrogen and oxygen atoms in total. The molecule has 0 aliphatic heterocycles. The van der Waals surface area contributed by atoms with Crippen molar-refractivity contribution in [3.8, 4) is 11.3 Å². The molecule has 3 aromatic rings. The number of pyridine rings is 1. The van der Waals surface area contributed by atoms with Crippen molar-refractivity contribution in [2.75, 3.05) is 23.7 Å². The van der Waals surface area contributed by atoms with Crippen molar-refractivity contribution in [3.05, 3.63) is 59.5 Å². The van der Waals surface area contributed by atoms with Gasteiger partial charge in [-0.15, -0.1) is 0 Å². The van der Waals surface area contributed by atoms with Gasteiger partial charge in [0.1, 0.15) is 0 Å². The second-order valence-electron chi connectivity index (χ2n) is 6.48. The number of benzene rings is 1. The molecule has 3 N–H and O–H groups in total. The topological polar surface area (TPSA) is 91.8 Å². The average Bonchev–Trinajstić information content (AvgIpc) is 2.69. The maximum atomic E-state index is 11.0. The molecule has 8 heteroatoms. The Morgan fingerprint density at radius 2 is 1.93 bits per heavy atom. The van der Waals surface area contributed by atoms with E-state index >= 15 is 0 Å². The highest BCUT2D eigenvalue weighted by atomic mass is 35.5. The third kappa shape index (κ3) is 5.89. The number of halogens is 1. The van der Waals surface area contributed by atoms with E-state index in [1.165, 1.54) is 6.92 Å². The van der Waals surface area contributed by atoms with Gasteiger partial charge in [-0.3, -0.25) is 9.78 Å². The van der Waals surface area contributed by atoms with Crippen LogP contribution >= 0.6 is 11.6 Å². The third-order valence-corrected chi connectivity index (χ3v) is 4.42. The summed E-state index contributed by atoms with van der Waals surface area (Å²) in [6.07, 6.45) is 4.28. The molecular formula is C21H23ClN6O. The summed E-state index contributed by atoms with van der Waals surface area (Å²) in [5.74, 6) is 0.458. The zero-order valence-electron chi connectivity index (χ0n) is 16.4. The van der Waals surface area contributed by atoms with Gasteiger partial charge in [0.05, 0.1) is 17.1 Å². The van der Waals surface area contributed by atoms with E-state index in [9.17, 15) is 4.79 Å². The van der Waals surface area contributed by atoms with Gasteiger partial charge >= 0.3 is 0 Å². The SMILES string of the molecule is CC(=O)NCCCNc1c(-c2ccnc(Nc3cccc(Cl)c3)n2)ccnc1C. The Balaban J connectivity index is 1.77. The minimum atomic E-state index is -0.0241. The number of aromatic nitrogens is 3. The van der Waals surface area contributed by atoms with Crippen LogP contribution in [0.2, 0.25) is 5.02 Å². The van der Waals surface area contributed by atoms with Crippen LogP contribution < -0.4 is 16.0 Å². The van der Waals surface area contributed by atoms with E-state index in [4.69, 9.17) is 11.6 Å². The highest BCUT2D eigenvalue weighted by Crippen LogP contribution is 2.29. The van der Waals surface area contributed by atoms with Crippen LogP contribution in [0.15, 0.2) is 48.8 Å².